The van der Waals surface area contributed by atoms with Crippen molar-refractivity contribution >= 4 is 11.8 Å². The highest BCUT2D eigenvalue weighted by Crippen LogP contribution is 2.67. The van der Waals surface area contributed by atoms with Crippen molar-refractivity contribution in [3.05, 3.63) is 28.3 Å². The van der Waals surface area contributed by atoms with Gasteiger partial charge in [-0.3, -0.25) is 0 Å². The van der Waals surface area contributed by atoms with Crippen molar-refractivity contribution in [3.8, 4) is 0 Å². The average molecular weight is 347 g/mol. The third kappa shape index (κ3) is 2.66. The standard InChI is InChI=1S/C23H38S/c1-14-13-15(2)17-18(16(14)3)24-23(11,12)22(9,10)21(7,8)19(17)20(4,5)6/h13,19H,1-12H3. The predicted molar refractivity (Wildman–Crippen MR) is 110 cm³/mol. The Kier molecular flexibility index (Phi) is 4.58. The molecule has 0 nitrogen and oxygen atoms in total. The Morgan fingerprint density at radius 1 is 0.875 bits per heavy atom. The van der Waals surface area contributed by atoms with Gasteiger partial charge in [0.1, 0.15) is 0 Å². The minimum Gasteiger partial charge on any atom is -0.119 e. The minimum atomic E-state index is 0.177. The Labute approximate surface area is 155 Å². The maximum absolute atomic E-state index is 2.51. The van der Waals surface area contributed by atoms with Gasteiger partial charge in [0.05, 0.1) is 0 Å². The number of hydrogen-bond acceptors (Lipinski definition) is 1. The molecule has 0 saturated carbocycles. The molecular weight excluding hydrogens is 308 g/mol. The van der Waals surface area contributed by atoms with Gasteiger partial charge >= 0.3 is 0 Å². The van der Waals surface area contributed by atoms with E-state index in [2.05, 4.69) is 101 Å². The molecule has 1 aliphatic heterocycles. The minimum absolute atomic E-state index is 0.177. The van der Waals surface area contributed by atoms with E-state index in [4.69, 9.17) is 0 Å². The van der Waals surface area contributed by atoms with Crippen LogP contribution in [0, 0.1) is 37.0 Å². The van der Waals surface area contributed by atoms with Gasteiger partial charge in [-0.25, -0.2) is 0 Å². The SMILES string of the molecule is Cc1cc(C)c2c(c1C)SC(C)(C)C(C)(C)C(C)(C)C2C(C)(C)C. The molecule has 0 aromatic heterocycles. The summed E-state index contributed by atoms with van der Waals surface area (Å²) in [4.78, 5) is 1.55. The van der Waals surface area contributed by atoms with Crippen molar-refractivity contribution in [3.63, 3.8) is 0 Å². The zero-order valence-corrected chi connectivity index (χ0v) is 18.9. The van der Waals surface area contributed by atoms with Crippen molar-refractivity contribution in [1.82, 2.24) is 0 Å². The Balaban J connectivity index is 2.98. The molecule has 0 radical (unpaired) electrons. The van der Waals surface area contributed by atoms with Crippen LogP contribution >= 0.6 is 11.8 Å². The summed E-state index contributed by atoms with van der Waals surface area (Å²) in [6.07, 6.45) is 0. The summed E-state index contributed by atoms with van der Waals surface area (Å²) in [6.45, 7) is 29.1. The molecule has 1 heterocycles. The second kappa shape index (κ2) is 5.53. The van der Waals surface area contributed by atoms with E-state index >= 15 is 0 Å². The second-order valence-corrected chi connectivity index (χ2v) is 12.3. The molecule has 1 atom stereocenters. The quantitative estimate of drug-likeness (QED) is 0.464. The number of benzene rings is 1. The Morgan fingerprint density at radius 2 is 1.38 bits per heavy atom. The van der Waals surface area contributed by atoms with E-state index in [0.29, 0.717) is 5.92 Å². The Bertz CT molecular complexity index is 654. The van der Waals surface area contributed by atoms with Crippen LogP contribution in [0.3, 0.4) is 0 Å². The molecule has 0 N–H and O–H groups in total. The summed E-state index contributed by atoms with van der Waals surface area (Å²) in [6, 6.07) is 2.41. The maximum atomic E-state index is 2.51. The lowest BCUT2D eigenvalue weighted by molar-refractivity contribution is 0.00680. The van der Waals surface area contributed by atoms with Crippen LogP contribution in [0.25, 0.3) is 0 Å². The van der Waals surface area contributed by atoms with Crippen LogP contribution in [-0.4, -0.2) is 4.75 Å². The number of aryl methyl sites for hydroxylation is 2. The lowest BCUT2D eigenvalue weighted by Gasteiger charge is -2.56. The summed E-state index contributed by atoms with van der Waals surface area (Å²) < 4.78 is 0.177. The lowest BCUT2D eigenvalue weighted by Crippen LogP contribution is -2.50. The molecule has 1 aromatic rings. The van der Waals surface area contributed by atoms with E-state index in [1.807, 2.05) is 0 Å². The predicted octanol–water partition coefficient (Wildman–Crippen LogP) is 7.68. The zero-order chi connectivity index (χ0) is 18.9. The van der Waals surface area contributed by atoms with E-state index < -0.39 is 0 Å². The van der Waals surface area contributed by atoms with E-state index in [0.717, 1.165) is 0 Å². The first kappa shape index (κ1) is 19.9. The Morgan fingerprint density at radius 3 is 1.83 bits per heavy atom. The van der Waals surface area contributed by atoms with Gasteiger partial charge in [-0.05, 0) is 79.0 Å². The van der Waals surface area contributed by atoms with Gasteiger partial charge in [0.25, 0.3) is 0 Å². The molecule has 2 rings (SSSR count). The molecule has 1 unspecified atom stereocenters. The van der Waals surface area contributed by atoms with Gasteiger partial charge in [0.15, 0.2) is 0 Å². The molecule has 1 heteroatoms. The van der Waals surface area contributed by atoms with Gasteiger partial charge in [-0.15, -0.1) is 11.8 Å². The van der Waals surface area contributed by atoms with Crippen molar-refractivity contribution in [1.29, 1.82) is 0 Å². The highest BCUT2D eigenvalue weighted by molar-refractivity contribution is 8.00. The largest absolute Gasteiger partial charge is 0.119 e. The number of fused-ring (bicyclic) bond motifs is 1. The van der Waals surface area contributed by atoms with Gasteiger partial charge in [0, 0.05) is 9.64 Å². The van der Waals surface area contributed by atoms with E-state index in [1.54, 1.807) is 10.5 Å². The Hall–Kier alpha value is -0.430. The molecule has 136 valence electrons. The number of hydrogen-bond donors (Lipinski definition) is 0. The van der Waals surface area contributed by atoms with E-state index in [9.17, 15) is 0 Å². The number of rotatable bonds is 0. The zero-order valence-electron chi connectivity index (χ0n) is 18.1. The van der Waals surface area contributed by atoms with Crippen molar-refractivity contribution < 1.29 is 0 Å². The van der Waals surface area contributed by atoms with Crippen LogP contribution in [0.1, 0.15) is 90.5 Å². The van der Waals surface area contributed by atoms with Crippen LogP contribution in [-0.2, 0) is 0 Å². The lowest BCUT2D eigenvalue weighted by atomic mass is 9.50. The van der Waals surface area contributed by atoms with Gasteiger partial charge < -0.3 is 0 Å². The molecule has 0 amide bonds. The highest BCUT2D eigenvalue weighted by Gasteiger charge is 2.57. The summed E-state index contributed by atoms with van der Waals surface area (Å²) in [7, 11) is 0. The molecule has 0 fully saturated rings. The summed E-state index contributed by atoms with van der Waals surface area (Å²) in [5, 5.41) is 0. The summed E-state index contributed by atoms with van der Waals surface area (Å²) >= 11 is 2.12. The smallest absolute Gasteiger partial charge is 0.0207 e. The molecule has 1 aliphatic rings. The van der Waals surface area contributed by atoms with E-state index in [-0.39, 0.29) is 21.0 Å². The maximum Gasteiger partial charge on any atom is 0.0207 e. The first-order chi connectivity index (χ1) is 10.6. The summed E-state index contributed by atoms with van der Waals surface area (Å²) in [5.74, 6) is 0.531. The second-order valence-electron chi connectivity index (χ2n) is 10.6. The third-order valence-corrected chi connectivity index (χ3v) is 9.14. The van der Waals surface area contributed by atoms with Crippen LogP contribution in [0.2, 0.25) is 0 Å². The van der Waals surface area contributed by atoms with Gasteiger partial charge in [-0.2, -0.15) is 0 Å². The first-order valence-electron chi connectivity index (χ1n) is 9.35. The van der Waals surface area contributed by atoms with Crippen molar-refractivity contribution in [2.45, 2.75) is 98.6 Å². The topological polar surface area (TPSA) is 0 Å². The van der Waals surface area contributed by atoms with Crippen molar-refractivity contribution in [2.24, 2.45) is 16.2 Å². The molecule has 0 spiro atoms. The monoisotopic (exact) mass is 346 g/mol. The first-order valence-corrected chi connectivity index (χ1v) is 10.2. The van der Waals surface area contributed by atoms with Crippen molar-refractivity contribution in [2.75, 3.05) is 0 Å². The fraction of sp³-hybridized carbons (Fsp3) is 0.739. The number of thioether (sulfide) groups is 1. The van der Waals surface area contributed by atoms with Crippen LogP contribution in [0.4, 0.5) is 0 Å². The van der Waals surface area contributed by atoms with Crippen LogP contribution in [0.5, 0.6) is 0 Å². The summed E-state index contributed by atoms with van der Waals surface area (Å²) in [5.41, 5.74) is 6.62. The molecule has 0 bridgehead atoms. The van der Waals surface area contributed by atoms with Gasteiger partial charge in [0.2, 0.25) is 0 Å². The highest BCUT2D eigenvalue weighted by atomic mass is 32.2. The van der Waals surface area contributed by atoms with Crippen LogP contribution < -0.4 is 0 Å². The fourth-order valence-corrected chi connectivity index (χ4v) is 6.69. The fourth-order valence-electron chi connectivity index (χ4n) is 4.96. The molecular formula is C23H38S. The molecule has 0 aliphatic carbocycles. The normalized spacial score (nSPS) is 25.1. The average Bonchev–Trinajstić information content (AvgIpc) is 2.41. The third-order valence-electron chi connectivity index (χ3n) is 7.38. The van der Waals surface area contributed by atoms with Crippen LogP contribution in [0.15, 0.2) is 11.0 Å². The molecule has 24 heavy (non-hydrogen) atoms. The molecule has 1 aromatic carbocycles. The van der Waals surface area contributed by atoms with Gasteiger partial charge in [-0.1, -0.05) is 54.5 Å². The molecule has 0 saturated heterocycles. The van der Waals surface area contributed by atoms with E-state index in [1.165, 1.54) is 16.7 Å².